The number of carbonyl (C=O) groups is 8. The Morgan fingerprint density at radius 3 is 1.38 bits per heavy atom. The van der Waals surface area contributed by atoms with Crippen molar-refractivity contribution < 1.29 is 97.0 Å². The van der Waals surface area contributed by atoms with E-state index in [0.717, 1.165) is 125 Å². The van der Waals surface area contributed by atoms with Crippen molar-refractivity contribution in [1.82, 2.24) is 20.4 Å². The average molecular weight is 1370 g/mol. The van der Waals surface area contributed by atoms with Crippen molar-refractivity contribution in [2.45, 2.75) is 209 Å². The maximum atomic E-state index is 14.5. The number of halogens is 2. The summed E-state index contributed by atoms with van der Waals surface area (Å²) in [5.41, 5.74) is 0.886. The third kappa shape index (κ3) is 19.0. The molecular weight excluding hydrogens is 1280 g/mol. The van der Waals surface area contributed by atoms with Crippen molar-refractivity contribution in [2.24, 2.45) is 23.7 Å². The molecule has 4 heterocycles. The molecule has 0 radical (unpaired) electrons. The molecule has 2 unspecified atom stereocenters. The molecule has 0 bridgehead atoms. The fraction of sp³-hybridized carbons (Fsp3) is 0.514. The Hall–Kier alpha value is -7.18. The van der Waals surface area contributed by atoms with E-state index in [1.165, 1.54) is 0 Å². The fourth-order valence-corrected chi connectivity index (χ4v) is 14.8. The number of fused-ring (bicyclic) bond motifs is 6. The van der Waals surface area contributed by atoms with Crippen molar-refractivity contribution in [3.63, 3.8) is 0 Å². The van der Waals surface area contributed by atoms with Gasteiger partial charge in [-0.1, -0.05) is 97.5 Å². The molecule has 0 saturated heterocycles. The standard InChI is InChI=1S/C38H45ClN2O7.C36H41ClN2O7.Li.2H2O/c1-2-46-37(45)38-23-28(38)12-7-5-3-4-6-11-25(21-34(42)48-30-14-8-9-15-30)36(44)41-24-26-17-18-32(47-31-16-10-13-29(39)22-31)19-27(26)20-33(41)35(43)40-38;37-27-11-8-14-29(20-27)45-30-16-15-24-22-39-31(18-25(24)17-30)33(41)38-36(35(43)44)21-26(36)10-5-3-1-2-4-9-23(34(39)42)19-32(40)46-28-12-6-7-13-28;;;/h7,10,12-13,16-19,22,25,28,30,33H,2-6,8-9,11,14-15,20-21,23-24H2,1H3,(H,40,43);5,8,10-11,14-17,20,23,26,28,31H,1-4,6-7,9,12-13,18-19,21-22H2,(H,38,41)(H,43,44);;2*1H2/q;;+1;;/p-2/b12-7-;10-5-;;;/t25-,28-,33?,38-;23-,26-,31?,36-;;;/m11.../s1. The number of nitrogens with zero attached hydrogens (tertiary/aromatic N) is 2. The average Bonchev–Trinajstić information content (AvgIpc) is 1.34. The quantitative estimate of drug-likeness (QED) is 0.0485. The summed E-state index contributed by atoms with van der Waals surface area (Å²) in [5, 5.41) is 17.1. The van der Waals surface area contributed by atoms with Crippen molar-refractivity contribution in [3.05, 3.63) is 142 Å². The summed E-state index contributed by atoms with van der Waals surface area (Å²) in [6.07, 6.45) is 24.2. The number of amides is 4. The molecule has 4 aliphatic carbocycles. The second kappa shape index (κ2) is 34.5. The summed E-state index contributed by atoms with van der Waals surface area (Å²) >= 11 is 12.3. The third-order valence-electron chi connectivity index (χ3n) is 19.9. The molecule has 20 nitrogen and oxygen atoms in total. The van der Waals surface area contributed by atoms with Crippen LogP contribution in [0.25, 0.3) is 0 Å². The molecule has 8 aliphatic rings. The summed E-state index contributed by atoms with van der Waals surface area (Å²) in [7, 11) is 0. The van der Waals surface area contributed by atoms with Gasteiger partial charge in [-0.15, -0.1) is 0 Å². The van der Waals surface area contributed by atoms with Gasteiger partial charge in [-0.25, -0.2) is 9.59 Å². The summed E-state index contributed by atoms with van der Waals surface area (Å²) in [5.74, 6) is -3.19. The Labute approximate surface area is 589 Å². The van der Waals surface area contributed by atoms with Crippen LogP contribution in [0, 0.1) is 23.7 Å². The molecule has 5 N–H and O–H groups in total. The zero-order valence-electron chi connectivity index (χ0n) is 55.4. The van der Waals surface area contributed by atoms with E-state index in [0.29, 0.717) is 58.7 Å². The summed E-state index contributed by atoms with van der Waals surface area (Å²) in [6.45, 7) is 2.28. The Kier molecular flexibility index (Phi) is 26.9. The van der Waals surface area contributed by atoms with E-state index in [-0.39, 0.29) is 123 Å². The molecule has 23 heteroatoms. The first-order valence-corrected chi connectivity index (χ1v) is 34.7. The second-order valence-electron chi connectivity index (χ2n) is 26.6. The first-order valence-electron chi connectivity index (χ1n) is 34.0. The van der Waals surface area contributed by atoms with E-state index in [9.17, 15) is 43.5 Å². The number of carboxylic acids is 1. The number of benzene rings is 4. The number of hydrogen-bond donors (Lipinski definition) is 3. The van der Waals surface area contributed by atoms with E-state index in [1.54, 1.807) is 59.2 Å². The fourth-order valence-electron chi connectivity index (χ4n) is 14.4. The topological polar surface area (TPSA) is 293 Å². The van der Waals surface area contributed by atoms with Crippen LogP contribution in [-0.2, 0) is 78.5 Å². The number of allylic oxidation sites excluding steroid dienone is 2. The number of aliphatic carboxylic acids is 1. The van der Waals surface area contributed by atoms with Gasteiger partial charge in [-0.05, 0) is 193 Å². The van der Waals surface area contributed by atoms with Crippen LogP contribution in [0.15, 0.2) is 109 Å². The molecular formula is C74H88Cl2LiN4O16-. The van der Waals surface area contributed by atoms with Crippen molar-refractivity contribution in [2.75, 3.05) is 6.61 Å². The number of carbonyl (C=O) groups excluding carboxylic acids is 7. The molecule has 8 atom stereocenters. The molecule has 4 saturated carbocycles. The van der Waals surface area contributed by atoms with Crippen LogP contribution < -0.4 is 39.0 Å². The Morgan fingerprint density at radius 2 is 0.948 bits per heavy atom. The smallest absolute Gasteiger partial charge is 0.870 e. The van der Waals surface area contributed by atoms with Crippen molar-refractivity contribution in [1.29, 1.82) is 0 Å². The van der Waals surface area contributed by atoms with E-state index >= 15 is 0 Å². The normalized spacial score (nSPS) is 26.4. The molecule has 4 aromatic carbocycles. The predicted octanol–water partition coefficient (Wildman–Crippen LogP) is 9.84. The molecule has 4 fully saturated rings. The molecule has 97 heavy (non-hydrogen) atoms. The maximum Gasteiger partial charge on any atom is 1.00 e. The van der Waals surface area contributed by atoms with E-state index in [2.05, 4.69) is 16.7 Å². The van der Waals surface area contributed by atoms with Crippen LogP contribution in [0.5, 0.6) is 23.0 Å². The maximum absolute atomic E-state index is 14.5. The zero-order valence-corrected chi connectivity index (χ0v) is 56.9. The Bertz CT molecular complexity index is 3540. The first kappa shape index (κ1) is 75.6. The molecule has 516 valence electrons. The number of esters is 3. The van der Waals surface area contributed by atoms with E-state index in [1.807, 2.05) is 60.7 Å². The summed E-state index contributed by atoms with van der Waals surface area (Å²) < 4.78 is 29.1. The zero-order chi connectivity index (χ0) is 65.9. The summed E-state index contributed by atoms with van der Waals surface area (Å²) in [6, 6.07) is 23.5. The molecule has 0 aromatic heterocycles. The number of hydrogen-bond acceptors (Lipinski definition) is 15. The second-order valence-corrected chi connectivity index (χ2v) is 27.5. The number of rotatable bonds is 13. The molecule has 4 aromatic rings. The minimum Gasteiger partial charge on any atom is -0.870 e. The largest absolute Gasteiger partial charge is 1.00 e. The van der Waals surface area contributed by atoms with Gasteiger partial charge in [-0.2, -0.15) is 0 Å². The van der Waals surface area contributed by atoms with Crippen LogP contribution >= 0.6 is 23.2 Å². The summed E-state index contributed by atoms with van der Waals surface area (Å²) in [4.78, 5) is 112. The number of nitrogens with one attached hydrogen (secondary N) is 2. The molecule has 4 aliphatic heterocycles. The Balaban J connectivity index is 0.000000241. The number of ether oxygens (including phenoxy) is 5. The third-order valence-corrected chi connectivity index (χ3v) is 20.4. The van der Waals surface area contributed by atoms with Crippen molar-refractivity contribution >= 4 is 70.7 Å². The molecule has 12 rings (SSSR count). The van der Waals surface area contributed by atoms with Gasteiger partial charge in [-0.3, -0.25) is 28.8 Å². The van der Waals surface area contributed by atoms with Crippen LogP contribution in [-0.4, -0.2) is 115 Å². The van der Waals surface area contributed by atoms with Gasteiger partial charge in [0.2, 0.25) is 23.6 Å². The van der Waals surface area contributed by atoms with Gasteiger partial charge in [0.05, 0.1) is 19.4 Å². The van der Waals surface area contributed by atoms with Gasteiger partial charge in [0, 0.05) is 59.6 Å². The van der Waals surface area contributed by atoms with Crippen LogP contribution in [0.2, 0.25) is 10.0 Å². The van der Waals surface area contributed by atoms with Gasteiger partial charge >= 0.3 is 42.7 Å². The first-order chi connectivity index (χ1) is 45.5. The minimum absolute atomic E-state index is 0. The number of carboxylic acid groups (broad SMARTS) is 1. The van der Waals surface area contributed by atoms with Crippen LogP contribution in [0.3, 0.4) is 0 Å². The van der Waals surface area contributed by atoms with Crippen LogP contribution in [0.4, 0.5) is 0 Å². The molecule has 0 spiro atoms. The van der Waals surface area contributed by atoms with Gasteiger partial charge in [0.25, 0.3) is 0 Å². The van der Waals surface area contributed by atoms with Gasteiger partial charge in [0.15, 0.2) is 0 Å². The van der Waals surface area contributed by atoms with Gasteiger partial charge in [0.1, 0.15) is 58.4 Å². The SMILES string of the molecule is CCOC(=O)[C@@]12C[C@H]1/C=C\CCCCC[C@H](CC(=O)OC1CCCC1)C(=O)N1Cc3ccc(Oc4cccc(Cl)c4)cc3CC1C(=O)N2.O=C(C[C@H]1CCCCC/C=C\[C@@H]2C[C@@]2(C(=O)O)NC(=O)C2Cc3cc(Oc4cccc(Cl)c4)ccc3CN2C1=O)OC1CCCC1.[Li+].[OH-].[OH-]. The van der Waals surface area contributed by atoms with Gasteiger partial charge < -0.3 is 60.2 Å². The predicted molar refractivity (Wildman–Crippen MR) is 355 cm³/mol. The van der Waals surface area contributed by atoms with Crippen molar-refractivity contribution in [3.8, 4) is 23.0 Å². The molecule has 4 amide bonds. The minimum atomic E-state index is -1.40. The van der Waals surface area contributed by atoms with E-state index < -0.39 is 58.8 Å². The van der Waals surface area contributed by atoms with E-state index in [4.69, 9.17) is 46.9 Å². The monoisotopic (exact) mass is 1370 g/mol. The van der Waals surface area contributed by atoms with Crippen LogP contribution in [0.1, 0.15) is 170 Å². The Morgan fingerprint density at radius 1 is 0.536 bits per heavy atom.